The van der Waals surface area contributed by atoms with Gasteiger partial charge in [0, 0.05) is 7.11 Å². The van der Waals surface area contributed by atoms with Crippen molar-refractivity contribution in [1.29, 1.82) is 0 Å². The van der Waals surface area contributed by atoms with E-state index in [9.17, 15) is 5.11 Å². The Morgan fingerprint density at radius 2 is 2.14 bits per heavy atom. The Labute approximate surface area is 84.5 Å². The molecule has 1 unspecified atom stereocenters. The third-order valence-electron chi connectivity index (χ3n) is 2.83. The summed E-state index contributed by atoms with van der Waals surface area (Å²) in [7, 11) is 1.61. The number of rotatable bonds is 3. The highest BCUT2D eigenvalue weighted by Crippen LogP contribution is 2.25. The summed E-state index contributed by atoms with van der Waals surface area (Å²) in [5.41, 5.74) is 3.82. The van der Waals surface area contributed by atoms with Crippen LogP contribution in [0.5, 0.6) is 0 Å². The highest BCUT2D eigenvalue weighted by atomic mass is 16.5. The molecule has 2 nitrogen and oxygen atoms in total. The number of hydrogen-bond donors (Lipinski definition) is 1. The van der Waals surface area contributed by atoms with Crippen molar-refractivity contribution in [3.05, 3.63) is 34.9 Å². The number of methoxy groups -OCH3 is 1. The van der Waals surface area contributed by atoms with Crippen molar-refractivity contribution in [3.63, 3.8) is 0 Å². The molecule has 0 saturated carbocycles. The lowest BCUT2D eigenvalue weighted by molar-refractivity contribution is 0.0643. The first-order valence-electron chi connectivity index (χ1n) is 5.10. The summed E-state index contributed by atoms with van der Waals surface area (Å²) >= 11 is 0. The molecule has 1 aliphatic carbocycles. The molecule has 1 aliphatic rings. The number of aryl methyl sites for hydroxylation is 2. The van der Waals surface area contributed by atoms with Gasteiger partial charge < -0.3 is 9.84 Å². The topological polar surface area (TPSA) is 29.5 Å². The molecule has 76 valence electrons. The summed E-state index contributed by atoms with van der Waals surface area (Å²) in [5, 5.41) is 9.73. The molecule has 0 heterocycles. The largest absolute Gasteiger partial charge is 0.386 e. The van der Waals surface area contributed by atoms with Crippen molar-refractivity contribution in [2.45, 2.75) is 25.4 Å². The van der Waals surface area contributed by atoms with Crippen molar-refractivity contribution in [2.75, 3.05) is 13.7 Å². The van der Waals surface area contributed by atoms with Crippen LogP contribution in [0, 0.1) is 0 Å². The predicted octanol–water partition coefficient (Wildman–Crippen LogP) is 1.86. The highest BCUT2D eigenvalue weighted by molar-refractivity contribution is 5.36. The van der Waals surface area contributed by atoms with Gasteiger partial charge in [-0.2, -0.15) is 0 Å². The molecular weight excluding hydrogens is 176 g/mol. The summed E-state index contributed by atoms with van der Waals surface area (Å²) in [4.78, 5) is 0. The fourth-order valence-electron chi connectivity index (χ4n) is 2.05. The quantitative estimate of drug-likeness (QED) is 0.792. The maximum atomic E-state index is 9.73. The van der Waals surface area contributed by atoms with Gasteiger partial charge in [-0.3, -0.25) is 0 Å². The third kappa shape index (κ3) is 1.81. The zero-order valence-corrected chi connectivity index (χ0v) is 8.49. The van der Waals surface area contributed by atoms with Crippen LogP contribution < -0.4 is 0 Å². The maximum absolute atomic E-state index is 9.73. The van der Waals surface area contributed by atoms with Crippen LogP contribution in [0.1, 0.15) is 29.2 Å². The van der Waals surface area contributed by atoms with Crippen LogP contribution in [0.3, 0.4) is 0 Å². The fraction of sp³-hybridized carbons (Fsp3) is 0.500. The van der Waals surface area contributed by atoms with E-state index in [4.69, 9.17) is 4.74 Å². The molecule has 1 atom stereocenters. The molecule has 0 aromatic heterocycles. The second-order valence-electron chi connectivity index (χ2n) is 3.85. The van der Waals surface area contributed by atoms with Gasteiger partial charge in [0.2, 0.25) is 0 Å². The van der Waals surface area contributed by atoms with Crippen molar-refractivity contribution in [1.82, 2.24) is 0 Å². The van der Waals surface area contributed by atoms with Gasteiger partial charge in [-0.25, -0.2) is 0 Å². The Kier molecular flexibility index (Phi) is 2.85. The van der Waals surface area contributed by atoms with Crippen molar-refractivity contribution >= 4 is 0 Å². The number of hydrogen-bond acceptors (Lipinski definition) is 2. The Morgan fingerprint density at radius 1 is 1.36 bits per heavy atom. The SMILES string of the molecule is COCC(O)c1ccc2c(c1)CCC2. The van der Waals surface area contributed by atoms with Gasteiger partial charge in [0.1, 0.15) is 6.10 Å². The van der Waals surface area contributed by atoms with E-state index in [1.54, 1.807) is 7.11 Å². The van der Waals surface area contributed by atoms with Gasteiger partial charge in [-0.15, -0.1) is 0 Å². The second kappa shape index (κ2) is 4.11. The van der Waals surface area contributed by atoms with Crippen molar-refractivity contribution < 1.29 is 9.84 Å². The van der Waals surface area contributed by atoms with E-state index < -0.39 is 6.10 Å². The lowest BCUT2D eigenvalue weighted by Crippen LogP contribution is -2.05. The number of aliphatic hydroxyl groups excluding tert-OH is 1. The Hall–Kier alpha value is -0.860. The number of aliphatic hydroxyl groups is 1. The van der Waals surface area contributed by atoms with Crippen LogP contribution in [0.2, 0.25) is 0 Å². The monoisotopic (exact) mass is 192 g/mol. The summed E-state index contributed by atoms with van der Waals surface area (Å²) in [6, 6.07) is 6.26. The molecule has 2 heteroatoms. The van der Waals surface area contributed by atoms with E-state index >= 15 is 0 Å². The van der Waals surface area contributed by atoms with Gasteiger partial charge in [0.05, 0.1) is 6.61 Å². The Balaban J connectivity index is 2.19. The van der Waals surface area contributed by atoms with Crippen LogP contribution in [0.15, 0.2) is 18.2 Å². The summed E-state index contributed by atoms with van der Waals surface area (Å²) in [5.74, 6) is 0. The minimum absolute atomic E-state index is 0.374. The van der Waals surface area contributed by atoms with Crippen LogP contribution in [0.25, 0.3) is 0 Å². The van der Waals surface area contributed by atoms with Crippen molar-refractivity contribution in [3.8, 4) is 0 Å². The van der Waals surface area contributed by atoms with Crippen LogP contribution in [-0.4, -0.2) is 18.8 Å². The third-order valence-corrected chi connectivity index (χ3v) is 2.83. The average Bonchev–Trinajstić information content (AvgIpc) is 2.64. The molecule has 1 aromatic carbocycles. The van der Waals surface area contributed by atoms with Gasteiger partial charge >= 0.3 is 0 Å². The van der Waals surface area contributed by atoms with E-state index in [2.05, 4.69) is 12.1 Å². The molecule has 0 aliphatic heterocycles. The minimum Gasteiger partial charge on any atom is -0.386 e. The van der Waals surface area contributed by atoms with Crippen LogP contribution in [-0.2, 0) is 17.6 Å². The molecule has 0 spiro atoms. The second-order valence-corrected chi connectivity index (χ2v) is 3.85. The normalized spacial score (nSPS) is 16.7. The molecule has 14 heavy (non-hydrogen) atoms. The Bertz CT molecular complexity index is 320. The molecule has 0 fully saturated rings. The lowest BCUT2D eigenvalue weighted by atomic mass is 10.0. The van der Waals surface area contributed by atoms with Gasteiger partial charge in [-0.05, 0) is 36.0 Å². The van der Waals surface area contributed by atoms with Gasteiger partial charge in [0.15, 0.2) is 0 Å². The first-order chi connectivity index (χ1) is 6.81. The first kappa shape index (κ1) is 9.69. The zero-order chi connectivity index (χ0) is 9.97. The molecular formula is C12H16O2. The number of ether oxygens (including phenoxy) is 1. The highest BCUT2D eigenvalue weighted by Gasteiger charge is 2.13. The summed E-state index contributed by atoms with van der Waals surface area (Å²) in [6.45, 7) is 0.374. The number of fused-ring (bicyclic) bond motifs is 1. The van der Waals surface area contributed by atoms with E-state index in [1.807, 2.05) is 6.07 Å². The molecule has 1 aromatic rings. The smallest absolute Gasteiger partial charge is 0.102 e. The molecule has 0 bridgehead atoms. The van der Waals surface area contributed by atoms with E-state index in [-0.39, 0.29) is 0 Å². The summed E-state index contributed by atoms with van der Waals surface area (Å²) < 4.78 is 4.93. The van der Waals surface area contributed by atoms with Crippen molar-refractivity contribution in [2.24, 2.45) is 0 Å². The predicted molar refractivity (Wildman–Crippen MR) is 55.3 cm³/mol. The van der Waals surface area contributed by atoms with E-state index in [1.165, 1.54) is 24.0 Å². The lowest BCUT2D eigenvalue weighted by Gasteiger charge is -2.11. The Morgan fingerprint density at radius 3 is 2.93 bits per heavy atom. The standard InChI is InChI=1S/C12H16O2/c1-14-8-12(13)11-6-5-9-3-2-4-10(9)7-11/h5-7,12-13H,2-4,8H2,1H3. The van der Waals surface area contributed by atoms with E-state index in [0.717, 1.165) is 12.0 Å². The van der Waals surface area contributed by atoms with Gasteiger partial charge in [0.25, 0.3) is 0 Å². The van der Waals surface area contributed by atoms with E-state index in [0.29, 0.717) is 6.61 Å². The minimum atomic E-state index is -0.481. The molecule has 0 saturated heterocycles. The average molecular weight is 192 g/mol. The fourth-order valence-corrected chi connectivity index (χ4v) is 2.05. The zero-order valence-electron chi connectivity index (χ0n) is 8.49. The van der Waals surface area contributed by atoms with Crippen LogP contribution >= 0.6 is 0 Å². The molecule has 1 N–H and O–H groups in total. The molecule has 2 rings (SSSR count). The molecule has 0 radical (unpaired) electrons. The first-order valence-corrected chi connectivity index (χ1v) is 5.10. The molecule has 0 amide bonds. The number of benzene rings is 1. The van der Waals surface area contributed by atoms with Gasteiger partial charge in [-0.1, -0.05) is 18.2 Å². The maximum Gasteiger partial charge on any atom is 0.102 e. The van der Waals surface area contributed by atoms with Crippen LogP contribution in [0.4, 0.5) is 0 Å². The summed E-state index contributed by atoms with van der Waals surface area (Å²) in [6.07, 6.45) is 3.11.